The predicted molar refractivity (Wildman–Crippen MR) is 68.7 cm³/mol. The number of rotatable bonds is 4. The smallest absolute Gasteiger partial charge is 0.0810 e. The van der Waals surface area contributed by atoms with Crippen molar-refractivity contribution >= 4 is 0 Å². The zero-order valence-corrected chi connectivity index (χ0v) is 9.95. The molecule has 0 radical (unpaired) electrons. The molecule has 0 aliphatic carbocycles. The van der Waals surface area contributed by atoms with E-state index in [9.17, 15) is 5.11 Å². The lowest BCUT2D eigenvalue weighted by molar-refractivity contribution is 0.159. The van der Waals surface area contributed by atoms with Crippen molar-refractivity contribution in [2.75, 3.05) is 0 Å². The maximum atomic E-state index is 10.1. The molecule has 2 heteroatoms. The number of hydrogen-bond donors (Lipinski definition) is 1. The van der Waals surface area contributed by atoms with Crippen LogP contribution in [0.1, 0.15) is 36.5 Å². The molecule has 1 N–H and O–H groups in total. The SMILES string of the molecule is CC(CC(O)c1cccnc1)c1ccccc1. The number of hydrogen-bond acceptors (Lipinski definition) is 2. The Morgan fingerprint density at radius 1 is 1.06 bits per heavy atom. The van der Waals surface area contributed by atoms with Gasteiger partial charge in [-0.2, -0.15) is 0 Å². The van der Waals surface area contributed by atoms with E-state index in [1.807, 2.05) is 30.3 Å². The van der Waals surface area contributed by atoms with Crippen molar-refractivity contribution in [1.29, 1.82) is 0 Å². The Bertz CT molecular complexity index is 397. The Labute approximate surface area is 102 Å². The lowest BCUT2D eigenvalue weighted by Crippen LogP contribution is -2.03. The average molecular weight is 227 g/mol. The van der Waals surface area contributed by atoms with E-state index in [0.29, 0.717) is 5.92 Å². The minimum Gasteiger partial charge on any atom is -0.388 e. The number of aromatic nitrogens is 1. The first-order valence-electron chi connectivity index (χ1n) is 5.90. The van der Waals surface area contributed by atoms with Crippen LogP contribution in [0.3, 0.4) is 0 Å². The molecular weight excluding hydrogens is 210 g/mol. The van der Waals surface area contributed by atoms with Crippen LogP contribution in [0.25, 0.3) is 0 Å². The Morgan fingerprint density at radius 3 is 2.41 bits per heavy atom. The van der Waals surface area contributed by atoms with Crippen molar-refractivity contribution in [3.05, 3.63) is 66.0 Å². The van der Waals surface area contributed by atoms with E-state index in [-0.39, 0.29) is 0 Å². The second kappa shape index (κ2) is 5.60. The van der Waals surface area contributed by atoms with Gasteiger partial charge in [0.15, 0.2) is 0 Å². The van der Waals surface area contributed by atoms with Crippen molar-refractivity contribution in [2.45, 2.75) is 25.4 Å². The Kier molecular flexibility index (Phi) is 3.89. The third-order valence-electron chi connectivity index (χ3n) is 3.01. The fourth-order valence-corrected chi connectivity index (χ4v) is 1.96. The Hall–Kier alpha value is -1.67. The van der Waals surface area contributed by atoms with E-state index in [4.69, 9.17) is 0 Å². The van der Waals surface area contributed by atoms with Crippen molar-refractivity contribution in [2.24, 2.45) is 0 Å². The molecule has 2 aromatic rings. The molecule has 0 saturated heterocycles. The summed E-state index contributed by atoms with van der Waals surface area (Å²) in [5, 5.41) is 10.1. The van der Waals surface area contributed by atoms with Gasteiger partial charge in [0.2, 0.25) is 0 Å². The van der Waals surface area contributed by atoms with E-state index in [1.165, 1.54) is 5.56 Å². The highest BCUT2D eigenvalue weighted by atomic mass is 16.3. The molecule has 1 heterocycles. The maximum Gasteiger partial charge on any atom is 0.0810 e. The minimum atomic E-state index is -0.445. The van der Waals surface area contributed by atoms with Crippen LogP contribution in [-0.2, 0) is 0 Å². The molecule has 0 aliphatic rings. The van der Waals surface area contributed by atoms with E-state index >= 15 is 0 Å². The standard InChI is InChI=1S/C15H17NO/c1-12(13-6-3-2-4-7-13)10-15(17)14-8-5-9-16-11-14/h2-9,11-12,15,17H,10H2,1H3. The summed E-state index contributed by atoms with van der Waals surface area (Å²) >= 11 is 0. The van der Waals surface area contributed by atoms with Gasteiger partial charge in [0.25, 0.3) is 0 Å². The van der Waals surface area contributed by atoms with Crippen LogP contribution in [0.2, 0.25) is 0 Å². The van der Waals surface area contributed by atoms with Gasteiger partial charge in [0.05, 0.1) is 6.10 Å². The van der Waals surface area contributed by atoms with E-state index in [0.717, 1.165) is 12.0 Å². The summed E-state index contributed by atoms with van der Waals surface area (Å²) in [4.78, 5) is 4.03. The molecule has 0 saturated carbocycles. The predicted octanol–water partition coefficient (Wildman–Crippen LogP) is 3.31. The van der Waals surface area contributed by atoms with Crippen LogP contribution >= 0.6 is 0 Å². The van der Waals surface area contributed by atoms with E-state index in [1.54, 1.807) is 12.4 Å². The second-order valence-corrected chi connectivity index (χ2v) is 4.35. The zero-order chi connectivity index (χ0) is 12.1. The van der Waals surface area contributed by atoms with Crippen LogP contribution in [0, 0.1) is 0 Å². The highest BCUT2D eigenvalue weighted by molar-refractivity contribution is 5.20. The summed E-state index contributed by atoms with van der Waals surface area (Å²) in [5.74, 6) is 0.339. The zero-order valence-electron chi connectivity index (χ0n) is 9.95. The van der Waals surface area contributed by atoms with Crippen LogP contribution in [0.15, 0.2) is 54.9 Å². The molecular formula is C15H17NO. The number of nitrogens with zero attached hydrogens (tertiary/aromatic N) is 1. The highest BCUT2D eigenvalue weighted by Crippen LogP contribution is 2.27. The summed E-state index contributed by atoms with van der Waals surface area (Å²) < 4.78 is 0. The average Bonchev–Trinajstić information content (AvgIpc) is 2.40. The number of pyridine rings is 1. The van der Waals surface area contributed by atoms with Crippen LogP contribution in [-0.4, -0.2) is 10.1 Å². The van der Waals surface area contributed by atoms with Gasteiger partial charge in [-0.05, 0) is 29.5 Å². The molecule has 2 atom stereocenters. The second-order valence-electron chi connectivity index (χ2n) is 4.35. The number of aliphatic hydroxyl groups is 1. The maximum absolute atomic E-state index is 10.1. The molecule has 0 spiro atoms. The lowest BCUT2D eigenvalue weighted by atomic mass is 9.93. The van der Waals surface area contributed by atoms with Gasteiger partial charge >= 0.3 is 0 Å². The number of benzene rings is 1. The third kappa shape index (κ3) is 3.14. The molecule has 2 nitrogen and oxygen atoms in total. The number of aliphatic hydroxyl groups excluding tert-OH is 1. The first-order chi connectivity index (χ1) is 8.27. The fraction of sp³-hybridized carbons (Fsp3) is 0.267. The monoisotopic (exact) mass is 227 g/mol. The van der Waals surface area contributed by atoms with Gasteiger partial charge < -0.3 is 5.11 Å². The van der Waals surface area contributed by atoms with Crippen molar-refractivity contribution in [3.8, 4) is 0 Å². The van der Waals surface area contributed by atoms with Crippen molar-refractivity contribution in [3.63, 3.8) is 0 Å². The minimum absolute atomic E-state index is 0.339. The summed E-state index contributed by atoms with van der Waals surface area (Å²) in [5.41, 5.74) is 2.14. The fourth-order valence-electron chi connectivity index (χ4n) is 1.96. The molecule has 0 fully saturated rings. The summed E-state index contributed by atoms with van der Waals surface area (Å²) in [6.07, 6.45) is 3.72. The first kappa shape index (κ1) is 11.8. The van der Waals surface area contributed by atoms with Gasteiger partial charge in [-0.15, -0.1) is 0 Å². The third-order valence-corrected chi connectivity index (χ3v) is 3.01. The van der Waals surface area contributed by atoms with Crippen molar-refractivity contribution in [1.82, 2.24) is 4.98 Å². The van der Waals surface area contributed by atoms with Gasteiger partial charge in [-0.1, -0.05) is 43.3 Å². The van der Waals surface area contributed by atoms with E-state index in [2.05, 4.69) is 24.0 Å². The first-order valence-corrected chi connectivity index (χ1v) is 5.90. The summed E-state index contributed by atoms with van der Waals surface area (Å²) in [7, 11) is 0. The molecule has 1 aromatic heterocycles. The topological polar surface area (TPSA) is 33.1 Å². The highest BCUT2D eigenvalue weighted by Gasteiger charge is 2.13. The molecule has 2 rings (SSSR count). The van der Waals surface area contributed by atoms with Crippen LogP contribution in [0.5, 0.6) is 0 Å². The molecule has 0 aliphatic heterocycles. The lowest BCUT2D eigenvalue weighted by Gasteiger charge is -2.16. The summed E-state index contributed by atoms with van der Waals surface area (Å²) in [6, 6.07) is 14.0. The molecule has 0 amide bonds. The molecule has 88 valence electrons. The Balaban J connectivity index is 2.02. The van der Waals surface area contributed by atoms with Crippen molar-refractivity contribution < 1.29 is 5.11 Å². The van der Waals surface area contributed by atoms with Crippen LogP contribution in [0.4, 0.5) is 0 Å². The normalized spacial score (nSPS) is 14.2. The largest absolute Gasteiger partial charge is 0.388 e. The van der Waals surface area contributed by atoms with Crippen LogP contribution < -0.4 is 0 Å². The molecule has 17 heavy (non-hydrogen) atoms. The quantitative estimate of drug-likeness (QED) is 0.869. The Morgan fingerprint density at radius 2 is 1.76 bits per heavy atom. The molecule has 2 unspecified atom stereocenters. The molecule has 0 bridgehead atoms. The van der Waals surface area contributed by atoms with Gasteiger partial charge in [-0.3, -0.25) is 4.98 Å². The van der Waals surface area contributed by atoms with Gasteiger partial charge in [0, 0.05) is 12.4 Å². The van der Waals surface area contributed by atoms with E-state index < -0.39 is 6.10 Å². The summed E-state index contributed by atoms with van der Waals surface area (Å²) in [6.45, 7) is 2.13. The van der Waals surface area contributed by atoms with Gasteiger partial charge in [0.1, 0.15) is 0 Å². The molecule has 1 aromatic carbocycles. The van der Waals surface area contributed by atoms with Gasteiger partial charge in [-0.25, -0.2) is 0 Å².